The van der Waals surface area contributed by atoms with E-state index in [4.69, 9.17) is 0 Å². The van der Waals surface area contributed by atoms with Crippen LogP contribution in [0, 0.1) is 17.2 Å². The van der Waals surface area contributed by atoms with Crippen molar-refractivity contribution in [3.05, 3.63) is 35.6 Å². The van der Waals surface area contributed by atoms with Crippen LogP contribution in [0.3, 0.4) is 0 Å². The topological polar surface area (TPSA) is 49.7 Å². The van der Waals surface area contributed by atoms with Crippen LogP contribution in [-0.4, -0.2) is 36.4 Å². The quantitative estimate of drug-likeness (QED) is 0.323. The average Bonchev–Trinajstić information content (AvgIpc) is 2.61. The number of hydrogen-bond donors (Lipinski definition) is 0. The number of carbonyl (C=O) groups is 2. The maximum absolute atomic E-state index is 13.3. The number of benzene rings is 1. The maximum Gasteiger partial charge on any atom is 0.183 e. The molecule has 136 valence electrons. The van der Waals surface area contributed by atoms with Crippen molar-refractivity contribution in [1.29, 1.82) is 0 Å². The SMILES string of the molecule is C/C(=N/N(C)CC(=O)c1cccc(F)c1)C(C)(C=O)C1CCCCC1. The molecule has 0 amide bonds. The molecule has 0 N–H and O–H groups in total. The molecule has 5 heteroatoms. The maximum atomic E-state index is 13.3. The summed E-state index contributed by atoms with van der Waals surface area (Å²) in [6.07, 6.45) is 6.60. The third kappa shape index (κ3) is 4.74. The Labute approximate surface area is 149 Å². The molecule has 1 aromatic rings. The lowest BCUT2D eigenvalue weighted by atomic mass is 9.68. The first kappa shape index (κ1) is 19.3. The minimum atomic E-state index is -0.601. The minimum Gasteiger partial charge on any atom is -0.302 e. The van der Waals surface area contributed by atoms with E-state index in [0.29, 0.717) is 11.5 Å². The average molecular weight is 346 g/mol. The Morgan fingerprint density at radius 2 is 2.04 bits per heavy atom. The summed E-state index contributed by atoms with van der Waals surface area (Å²) in [4.78, 5) is 24.1. The van der Waals surface area contributed by atoms with Gasteiger partial charge in [-0.1, -0.05) is 31.4 Å². The molecule has 0 bridgehead atoms. The van der Waals surface area contributed by atoms with Crippen LogP contribution in [0.25, 0.3) is 0 Å². The number of Topliss-reactive ketones (excluding diaryl/α,β-unsaturated/α-hetero) is 1. The number of aldehydes is 1. The summed E-state index contributed by atoms with van der Waals surface area (Å²) in [5.41, 5.74) is 0.449. The Balaban J connectivity index is 2.08. The number of rotatable bonds is 7. The summed E-state index contributed by atoms with van der Waals surface area (Å²) in [6, 6.07) is 5.64. The van der Waals surface area contributed by atoms with E-state index in [1.54, 1.807) is 13.1 Å². The van der Waals surface area contributed by atoms with Crippen molar-refractivity contribution in [2.45, 2.75) is 46.0 Å². The summed E-state index contributed by atoms with van der Waals surface area (Å²) in [6.45, 7) is 3.84. The van der Waals surface area contributed by atoms with Crippen LogP contribution in [0.4, 0.5) is 4.39 Å². The zero-order chi connectivity index (χ0) is 18.4. The van der Waals surface area contributed by atoms with Crippen molar-refractivity contribution in [3.8, 4) is 0 Å². The smallest absolute Gasteiger partial charge is 0.183 e. The van der Waals surface area contributed by atoms with Gasteiger partial charge in [-0.15, -0.1) is 0 Å². The Morgan fingerprint density at radius 1 is 1.36 bits per heavy atom. The van der Waals surface area contributed by atoms with E-state index in [-0.39, 0.29) is 12.3 Å². The van der Waals surface area contributed by atoms with Gasteiger partial charge in [0.2, 0.25) is 0 Å². The van der Waals surface area contributed by atoms with Crippen molar-refractivity contribution in [2.24, 2.45) is 16.4 Å². The molecule has 0 radical (unpaired) electrons. The molecule has 4 nitrogen and oxygen atoms in total. The first-order valence-corrected chi connectivity index (χ1v) is 8.88. The molecule has 0 aromatic heterocycles. The summed E-state index contributed by atoms with van der Waals surface area (Å²) < 4.78 is 13.3. The van der Waals surface area contributed by atoms with Crippen molar-refractivity contribution < 1.29 is 14.0 Å². The summed E-state index contributed by atoms with van der Waals surface area (Å²) in [5, 5.41) is 6.02. The van der Waals surface area contributed by atoms with Gasteiger partial charge in [0.1, 0.15) is 12.1 Å². The van der Waals surface area contributed by atoms with Crippen LogP contribution >= 0.6 is 0 Å². The highest BCUT2D eigenvalue weighted by Gasteiger charge is 2.37. The van der Waals surface area contributed by atoms with Gasteiger partial charge in [-0.3, -0.25) is 9.80 Å². The predicted octanol–water partition coefficient (Wildman–Crippen LogP) is 4.10. The fraction of sp³-hybridized carbons (Fsp3) is 0.550. The normalized spacial score (nSPS) is 18.5. The fourth-order valence-corrected chi connectivity index (χ4v) is 3.54. The van der Waals surface area contributed by atoms with Gasteiger partial charge in [0.15, 0.2) is 5.78 Å². The van der Waals surface area contributed by atoms with Crippen LogP contribution in [0.2, 0.25) is 0 Å². The van der Waals surface area contributed by atoms with Crippen LogP contribution in [0.1, 0.15) is 56.3 Å². The molecular weight excluding hydrogens is 319 g/mol. The summed E-state index contributed by atoms with van der Waals surface area (Å²) >= 11 is 0. The van der Waals surface area contributed by atoms with E-state index in [2.05, 4.69) is 5.10 Å². The van der Waals surface area contributed by atoms with Gasteiger partial charge < -0.3 is 4.79 Å². The second-order valence-electron chi connectivity index (χ2n) is 7.17. The van der Waals surface area contributed by atoms with E-state index in [9.17, 15) is 14.0 Å². The molecular formula is C20H27FN2O2. The van der Waals surface area contributed by atoms with Crippen molar-refractivity contribution >= 4 is 17.8 Å². The molecule has 1 saturated carbocycles. The zero-order valence-electron chi connectivity index (χ0n) is 15.3. The van der Waals surface area contributed by atoms with Crippen molar-refractivity contribution in [1.82, 2.24) is 5.01 Å². The number of ketones is 1. The molecule has 1 unspecified atom stereocenters. The molecule has 1 aliphatic carbocycles. The number of likely N-dealkylation sites (N-methyl/N-ethyl adjacent to an activating group) is 1. The minimum absolute atomic E-state index is 0.0421. The van der Waals surface area contributed by atoms with Gasteiger partial charge in [0.05, 0.1) is 12.0 Å². The van der Waals surface area contributed by atoms with E-state index < -0.39 is 11.2 Å². The number of hydrogen-bond acceptors (Lipinski definition) is 4. The summed E-state index contributed by atoms with van der Waals surface area (Å²) in [7, 11) is 1.70. The van der Waals surface area contributed by atoms with E-state index in [1.807, 2.05) is 13.8 Å². The molecule has 1 atom stereocenters. The molecule has 1 aliphatic rings. The first-order valence-electron chi connectivity index (χ1n) is 8.88. The molecule has 2 rings (SSSR count). The van der Waals surface area contributed by atoms with E-state index in [1.165, 1.54) is 29.6 Å². The largest absolute Gasteiger partial charge is 0.302 e. The van der Waals surface area contributed by atoms with Gasteiger partial charge >= 0.3 is 0 Å². The lowest BCUT2D eigenvalue weighted by Crippen LogP contribution is -2.38. The number of halogens is 1. The van der Waals surface area contributed by atoms with E-state index >= 15 is 0 Å². The molecule has 1 fully saturated rings. The van der Waals surface area contributed by atoms with Gasteiger partial charge in [-0.2, -0.15) is 5.10 Å². The highest BCUT2D eigenvalue weighted by molar-refractivity contribution is 6.00. The third-order valence-corrected chi connectivity index (χ3v) is 5.32. The third-order valence-electron chi connectivity index (χ3n) is 5.32. The predicted molar refractivity (Wildman–Crippen MR) is 97.2 cm³/mol. The first-order chi connectivity index (χ1) is 11.9. The van der Waals surface area contributed by atoms with Gasteiger partial charge in [-0.05, 0) is 44.7 Å². The van der Waals surface area contributed by atoms with Crippen LogP contribution in [0.15, 0.2) is 29.4 Å². The Hall–Kier alpha value is -2.04. The second kappa shape index (κ2) is 8.37. The monoisotopic (exact) mass is 346 g/mol. The fourth-order valence-electron chi connectivity index (χ4n) is 3.54. The number of carbonyl (C=O) groups excluding carboxylic acids is 2. The lowest BCUT2D eigenvalue weighted by molar-refractivity contribution is -0.115. The molecule has 0 saturated heterocycles. The Morgan fingerprint density at radius 3 is 2.64 bits per heavy atom. The van der Waals surface area contributed by atoms with Crippen molar-refractivity contribution in [3.63, 3.8) is 0 Å². The molecule has 0 spiro atoms. The van der Waals surface area contributed by atoms with E-state index in [0.717, 1.165) is 37.7 Å². The molecule has 0 heterocycles. The highest BCUT2D eigenvalue weighted by Crippen LogP contribution is 2.38. The molecule has 25 heavy (non-hydrogen) atoms. The number of hydrazone groups is 1. The second-order valence-corrected chi connectivity index (χ2v) is 7.17. The van der Waals surface area contributed by atoms with Crippen LogP contribution in [0.5, 0.6) is 0 Å². The zero-order valence-corrected chi connectivity index (χ0v) is 15.3. The standard InChI is InChI=1S/C20H27FN2O2/c1-15(20(2,14-24)17-9-5-4-6-10-17)22-23(3)13-19(25)16-8-7-11-18(21)12-16/h7-8,11-12,14,17H,4-6,9-10,13H2,1-3H3/b22-15-. The Kier molecular flexibility index (Phi) is 6.45. The van der Waals surface area contributed by atoms with Gasteiger partial charge in [-0.25, -0.2) is 4.39 Å². The van der Waals surface area contributed by atoms with Gasteiger partial charge in [0.25, 0.3) is 0 Å². The molecule has 0 aliphatic heterocycles. The summed E-state index contributed by atoms with van der Waals surface area (Å²) in [5.74, 6) is -0.335. The van der Waals surface area contributed by atoms with Crippen LogP contribution in [-0.2, 0) is 4.79 Å². The Bertz CT molecular complexity index is 653. The van der Waals surface area contributed by atoms with Gasteiger partial charge in [0, 0.05) is 18.3 Å². The van der Waals surface area contributed by atoms with Crippen LogP contribution < -0.4 is 0 Å². The highest BCUT2D eigenvalue weighted by atomic mass is 19.1. The lowest BCUT2D eigenvalue weighted by Gasteiger charge is -2.36. The number of nitrogens with zero attached hydrogens (tertiary/aromatic N) is 2. The molecule has 1 aromatic carbocycles. The van der Waals surface area contributed by atoms with Crippen molar-refractivity contribution in [2.75, 3.05) is 13.6 Å².